The van der Waals surface area contributed by atoms with Gasteiger partial charge in [0.15, 0.2) is 11.5 Å². The van der Waals surface area contributed by atoms with Gasteiger partial charge in [0.05, 0.1) is 75.5 Å². The number of hydrogen-bond donors (Lipinski definition) is 4. The standard InChI is InChI=1S/C58H73Cl2N9O8S/c1-37-54(78-36-64-37)39-19-17-38(18-20-39)33-63-56(73)47-27-41(70)35-69(47)57(74)55(58(2,3)4)66-51(71)15-12-10-8-7-9-11-13-16-52(72)68-24-22-67(23-25-68)21-14-26-77-50-30-45-42(28-49(50)76-6)53(40(32-61)34-62-45)65-46-31-48(75-5)44(60)29-43(46)59/h17-20,28-31,34,36,41,47,55,70H,7-16,21-27,33,35H2,1-6H3,(H,62,65)(H,63,73)(H,66,71)/t41-,47+,55-/m1/s1. The number of nitrogens with zero attached hydrogens (tertiary/aromatic N) is 6. The Hall–Kier alpha value is -6.23. The topological polar surface area (TPSA) is 212 Å². The summed E-state index contributed by atoms with van der Waals surface area (Å²) < 4.78 is 17.3. The number of unbranched alkanes of at least 4 members (excludes halogenated alkanes) is 6. The zero-order chi connectivity index (χ0) is 55.9. The summed E-state index contributed by atoms with van der Waals surface area (Å²) in [6.45, 7) is 12.2. The van der Waals surface area contributed by atoms with E-state index in [1.807, 2.05) is 62.4 Å². The quantitative estimate of drug-likeness (QED) is 0.0402. The van der Waals surface area contributed by atoms with Gasteiger partial charge < -0.3 is 45.1 Å². The highest BCUT2D eigenvalue weighted by Gasteiger charge is 2.44. The summed E-state index contributed by atoms with van der Waals surface area (Å²) >= 11 is 14.3. The first-order valence-corrected chi connectivity index (χ1v) is 28.5. The summed E-state index contributed by atoms with van der Waals surface area (Å²) in [4.78, 5) is 69.5. The Labute approximate surface area is 471 Å². The zero-order valence-electron chi connectivity index (χ0n) is 45.6. The van der Waals surface area contributed by atoms with Gasteiger partial charge in [-0.15, -0.1) is 11.3 Å². The lowest BCUT2D eigenvalue weighted by atomic mass is 9.85. The normalized spacial score (nSPS) is 16.2. The molecule has 2 aliphatic rings. The number of anilines is 2. The smallest absolute Gasteiger partial charge is 0.246 e. The molecule has 0 radical (unpaired) electrons. The van der Waals surface area contributed by atoms with E-state index < -0.39 is 23.6 Å². The predicted molar refractivity (Wildman–Crippen MR) is 306 cm³/mol. The molecule has 418 valence electrons. The van der Waals surface area contributed by atoms with Crippen molar-refractivity contribution in [3.63, 3.8) is 0 Å². The van der Waals surface area contributed by atoms with Gasteiger partial charge >= 0.3 is 0 Å². The van der Waals surface area contributed by atoms with Crippen molar-refractivity contribution in [3.05, 3.63) is 87.1 Å². The van der Waals surface area contributed by atoms with Gasteiger partial charge in [0.2, 0.25) is 23.6 Å². The number of hydrogen-bond acceptors (Lipinski definition) is 14. The molecule has 4 N–H and O–H groups in total. The first kappa shape index (κ1) is 59.4. The van der Waals surface area contributed by atoms with Crippen LogP contribution in [0, 0.1) is 23.7 Å². The second-order valence-electron chi connectivity index (χ2n) is 21.1. The highest BCUT2D eigenvalue weighted by Crippen LogP contribution is 2.41. The van der Waals surface area contributed by atoms with E-state index in [0.29, 0.717) is 87.7 Å². The second-order valence-corrected chi connectivity index (χ2v) is 22.8. The third kappa shape index (κ3) is 15.7. The van der Waals surface area contributed by atoms with Crippen LogP contribution in [0.2, 0.25) is 10.0 Å². The van der Waals surface area contributed by atoms with Crippen LogP contribution in [0.15, 0.2) is 60.2 Å². The Morgan fingerprint density at radius 2 is 1.56 bits per heavy atom. The van der Waals surface area contributed by atoms with E-state index in [-0.39, 0.29) is 49.6 Å². The minimum atomic E-state index is -0.866. The number of piperazine rings is 1. The molecule has 0 aliphatic carbocycles. The highest BCUT2D eigenvalue weighted by molar-refractivity contribution is 7.13. The fourth-order valence-corrected chi connectivity index (χ4v) is 11.2. The van der Waals surface area contributed by atoms with Crippen molar-refractivity contribution in [1.82, 2.24) is 35.3 Å². The summed E-state index contributed by atoms with van der Waals surface area (Å²) in [5.41, 5.74) is 6.05. The number of aliphatic hydroxyl groups is 1. The Kier molecular flexibility index (Phi) is 21.4. The Balaban J connectivity index is 0.749. The van der Waals surface area contributed by atoms with Gasteiger partial charge in [-0.1, -0.05) is 100 Å². The van der Waals surface area contributed by atoms with Gasteiger partial charge in [-0.3, -0.25) is 29.1 Å². The molecule has 17 nitrogen and oxygen atoms in total. The van der Waals surface area contributed by atoms with E-state index in [1.54, 1.807) is 42.7 Å². The maximum atomic E-state index is 14.0. The fraction of sp³-hybridized carbons (Fsp3) is 0.500. The maximum absolute atomic E-state index is 14.0. The molecule has 5 aromatic rings. The van der Waals surface area contributed by atoms with Crippen LogP contribution in [0.5, 0.6) is 17.2 Å². The van der Waals surface area contributed by atoms with Crippen molar-refractivity contribution in [2.24, 2.45) is 5.41 Å². The number of methoxy groups -OCH3 is 2. The lowest BCUT2D eigenvalue weighted by molar-refractivity contribution is -0.144. The van der Waals surface area contributed by atoms with Crippen molar-refractivity contribution in [1.29, 1.82) is 5.26 Å². The van der Waals surface area contributed by atoms with Crippen molar-refractivity contribution in [2.75, 3.05) is 65.4 Å². The van der Waals surface area contributed by atoms with E-state index in [4.69, 9.17) is 37.4 Å². The van der Waals surface area contributed by atoms with E-state index >= 15 is 0 Å². The number of ether oxygens (including phenoxy) is 3. The molecule has 3 aromatic carbocycles. The molecule has 20 heteroatoms. The summed E-state index contributed by atoms with van der Waals surface area (Å²) in [6.07, 6.45) is 8.76. The fourth-order valence-electron chi connectivity index (χ4n) is 9.92. The van der Waals surface area contributed by atoms with Crippen LogP contribution in [-0.2, 0) is 25.7 Å². The molecular weight excluding hydrogens is 1050 g/mol. The number of nitriles is 1. The van der Waals surface area contributed by atoms with Gasteiger partial charge in [-0.05, 0) is 54.9 Å². The van der Waals surface area contributed by atoms with Crippen LogP contribution in [0.25, 0.3) is 21.3 Å². The number of β-amino-alcohol motifs (C(OH)–C–C–N with tert-alkyl or cyclic N) is 1. The van der Waals surface area contributed by atoms with Crippen molar-refractivity contribution >= 4 is 80.4 Å². The Morgan fingerprint density at radius 1 is 0.872 bits per heavy atom. The predicted octanol–water partition coefficient (Wildman–Crippen LogP) is 9.84. The number of aliphatic hydroxyl groups excluding tert-OH is 1. The number of carbonyl (C=O) groups is 4. The molecule has 0 saturated carbocycles. The zero-order valence-corrected chi connectivity index (χ0v) is 47.9. The van der Waals surface area contributed by atoms with Crippen LogP contribution >= 0.6 is 34.5 Å². The van der Waals surface area contributed by atoms with Gasteiger partial charge in [0.1, 0.15) is 23.9 Å². The number of likely N-dealkylation sites (tertiary alicyclic amines) is 1. The molecule has 4 amide bonds. The molecule has 2 aromatic heterocycles. The molecule has 7 rings (SSSR count). The van der Waals surface area contributed by atoms with Crippen LogP contribution in [0.4, 0.5) is 11.4 Å². The lowest BCUT2D eigenvalue weighted by Crippen LogP contribution is -2.57. The molecular formula is C58H73Cl2N9O8S. The number of thiazole rings is 1. The summed E-state index contributed by atoms with van der Waals surface area (Å²) in [6, 6.07) is 15.2. The number of pyridine rings is 1. The lowest BCUT2D eigenvalue weighted by Gasteiger charge is -2.35. The number of carbonyl (C=O) groups excluding carboxylic acids is 4. The number of nitrogens with one attached hydrogen (secondary N) is 3. The Bertz CT molecular complexity index is 2920. The van der Waals surface area contributed by atoms with Crippen molar-refractivity contribution in [3.8, 4) is 33.8 Å². The molecule has 4 heterocycles. The number of amides is 4. The minimum Gasteiger partial charge on any atom is -0.495 e. The number of rotatable bonds is 25. The van der Waals surface area contributed by atoms with Gasteiger partial charge in [0, 0.05) is 88.8 Å². The van der Waals surface area contributed by atoms with E-state index in [9.17, 15) is 29.5 Å². The SMILES string of the molecule is COc1cc(Nc2c(C#N)cnc3cc(OCCCN4CCN(C(=O)CCCCCCCCCC(=O)N[C@H](C(=O)N5C[C@H](O)C[C@H]5C(=O)NCc5ccc(-c6scnc6C)cc5)C(C)(C)C)CC4)c(OC)cc23)c(Cl)cc1Cl. The van der Waals surface area contributed by atoms with Crippen molar-refractivity contribution in [2.45, 2.75) is 123 Å². The largest absolute Gasteiger partial charge is 0.495 e. The summed E-state index contributed by atoms with van der Waals surface area (Å²) in [5.74, 6) is 0.733. The number of aryl methyl sites for hydroxylation is 1. The highest BCUT2D eigenvalue weighted by atomic mass is 35.5. The molecule has 3 atom stereocenters. The van der Waals surface area contributed by atoms with E-state index in [2.05, 4.69) is 36.9 Å². The molecule has 2 aliphatic heterocycles. The minimum absolute atomic E-state index is 0.0221. The number of halogens is 2. The van der Waals surface area contributed by atoms with Gasteiger partial charge in [-0.2, -0.15) is 5.26 Å². The molecule has 2 fully saturated rings. The van der Waals surface area contributed by atoms with Crippen LogP contribution in [0.3, 0.4) is 0 Å². The molecule has 78 heavy (non-hydrogen) atoms. The first-order chi connectivity index (χ1) is 37.5. The Morgan fingerprint density at radius 3 is 2.22 bits per heavy atom. The molecule has 0 unspecified atom stereocenters. The molecule has 0 bridgehead atoms. The monoisotopic (exact) mass is 1130 g/mol. The first-order valence-electron chi connectivity index (χ1n) is 26.9. The second kappa shape index (κ2) is 28.1. The van der Waals surface area contributed by atoms with Crippen LogP contribution in [-0.4, -0.2) is 132 Å². The van der Waals surface area contributed by atoms with E-state index in [0.717, 1.165) is 86.3 Å². The third-order valence-electron chi connectivity index (χ3n) is 14.4. The number of benzene rings is 3. The van der Waals surface area contributed by atoms with Gasteiger partial charge in [0.25, 0.3) is 0 Å². The van der Waals surface area contributed by atoms with Gasteiger partial charge in [-0.25, -0.2) is 4.98 Å². The van der Waals surface area contributed by atoms with Crippen molar-refractivity contribution < 1.29 is 38.5 Å². The number of aromatic nitrogens is 2. The average Bonchev–Trinajstić information content (AvgIpc) is 4.05. The number of fused-ring (bicyclic) bond motifs is 1. The maximum Gasteiger partial charge on any atom is 0.246 e. The molecule has 2 saturated heterocycles. The average molecular weight is 1130 g/mol. The third-order valence-corrected chi connectivity index (χ3v) is 16.0. The molecule has 0 spiro atoms. The summed E-state index contributed by atoms with van der Waals surface area (Å²) in [7, 11) is 3.07. The van der Waals surface area contributed by atoms with Crippen LogP contribution in [0.1, 0.15) is 108 Å². The summed E-state index contributed by atoms with van der Waals surface area (Å²) in [5, 5.41) is 31.1. The van der Waals surface area contributed by atoms with Crippen LogP contribution < -0.4 is 30.2 Å². The van der Waals surface area contributed by atoms with E-state index in [1.165, 1.54) is 18.2 Å².